The zero-order valence-electron chi connectivity index (χ0n) is 11.3. The number of carbonyl (C=O) groups excluding carboxylic acids is 2. The summed E-state index contributed by atoms with van der Waals surface area (Å²) in [4.78, 5) is 23.2. The second-order valence-corrected chi connectivity index (χ2v) is 5.39. The quantitative estimate of drug-likeness (QED) is 0.880. The number of benzene rings is 1. The summed E-state index contributed by atoms with van der Waals surface area (Å²) in [7, 11) is 0. The summed E-state index contributed by atoms with van der Waals surface area (Å²) in [6.45, 7) is 0.0501. The van der Waals surface area contributed by atoms with E-state index in [9.17, 15) is 9.59 Å². The van der Waals surface area contributed by atoms with Gasteiger partial charge in [-0.15, -0.1) is 0 Å². The van der Waals surface area contributed by atoms with Gasteiger partial charge in [0.1, 0.15) is 5.75 Å². The maximum absolute atomic E-state index is 12.0. The Morgan fingerprint density at radius 3 is 2.95 bits per heavy atom. The summed E-state index contributed by atoms with van der Waals surface area (Å²) >= 11 is 0. The number of rotatable bonds is 3. The van der Waals surface area contributed by atoms with Crippen molar-refractivity contribution < 1.29 is 14.3 Å². The molecule has 1 aromatic rings. The standard InChI is InChI=1S/C15H18N2O3/c18-14(16-11-3-1-2-4-11)8-10-5-6-13-12(7-10)17-15(19)9-20-13/h5-7,11H,1-4,8-9H2,(H,16,18)(H,17,19). The van der Waals surface area contributed by atoms with Gasteiger partial charge in [-0.3, -0.25) is 9.59 Å². The molecule has 106 valence electrons. The fourth-order valence-electron chi connectivity index (χ4n) is 2.77. The van der Waals surface area contributed by atoms with Crippen LogP contribution < -0.4 is 15.4 Å². The van der Waals surface area contributed by atoms with Gasteiger partial charge in [0.25, 0.3) is 5.91 Å². The van der Waals surface area contributed by atoms with Crippen molar-refractivity contribution in [3.8, 4) is 5.75 Å². The van der Waals surface area contributed by atoms with Gasteiger partial charge in [0.2, 0.25) is 5.91 Å². The predicted octanol–water partition coefficient (Wildman–Crippen LogP) is 1.62. The molecule has 1 heterocycles. The largest absolute Gasteiger partial charge is 0.482 e. The summed E-state index contributed by atoms with van der Waals surface area (Å²) in [5.74, 6) is 0.537. The zero-order valence-corrected chi connectivity index (χ0v) is 11.3. The predicted molar refractivity (Wildman–Crippen MR) is 74.7 cm³/mol. The van der Waals surface area contributed by atoms with Crippen molar-refractivity contribution in [1.29, 1.82) is 0 Å². The SMILES string of the molecule is O=C1COc2ccc(CC(=O)NC3CCCC3)cc2N1. The van der Waals surface area contributed by atoms with Crippen LogP contribution in [0.5, 0.6) is 5.75 Å². The van der Waals surface area contributed by atoms with Crippen molar-refractivity contribution in [2.45, 2.75) is 38.1 Å². The molecule has 1 saturated carbocycles. The normalized spacial score (nSPS) is 18.1. The lowest BCUT2D eigenvalue weighted by molar-refractivity contribution is -0.121. The topological polar surface area (TPSA) is 67.4 Å². The number of hydrogen-bond donors (Lipinski definition) is 2. The van der Waals surface area contributed by atoms with Crippen molar-refractivity contribution in [3.05, 3.63) is 23.8 Å². The Morgan fingerprint density at radius 2 is 2.15 bits per heavy atom. The van der Waals surface area contributed by atoms with Crippen LogP contribution in [0, 0.1) is 0 Å². The van der Waals surface area contributed by atoms with Crippen molar-refractivity contribution >= 4 is 17.5 Å². The summed E-state index contributed by atoms with van der Waals surface area (Å²) in [6.07, 6.45) is 4.90. The highest BCUT2D eigenvalue weighted by atomic mass is 16.5. The Kier molecular flexibility index (Phi) is 3.58. The average molecular weight is 274 g/mol. The third kappa shape index (κ3) is 2.92. The van der Waals surface area contributed by atoms with Gasteiger partial charge in [0.15, 0.2) is 6.61 Å². The number of ether oxygens (including phenoxy) is 1. The number of hydrogen-bond acceptors (Lipinski definition) is 3. The second-order valence-electron chi connectivity index (χ2n) is 5.39. The third-order valence-electron chi connectivity index (χ3n) is 3.76. The lowest BCUT2D eigenvalue weighted by Crippen LogP contribution is -2.33. The molecule has 0 atom stereocenters. The first-order chi connectivity index (χ1) is 9.70. The first kappa shape index (κ1) is 13.0. The molecule has 0 radical (unpaired) electrons. The van der Waals surface area contributed by atoms with Crippen molar-refractivity contribution in [2.24, 2.45) is 0 Å². The molecule has 1 aliphatic carbocycles. The first-order valence-corrected chi connectivity index (χ1v) is 7.05. The number of anilines is 1. The highest BCUT2D eigenvalue weighted by Gasteiger charge is 2.19. The highest BCUT2D eigenvalue weighted by molar-refractivity contribution is 5.95. The Hall–Kier alpha value is -2.04. The molecule has 0 unspecified atom stereocenters. The van der Waals surface area contributed by atoms with Gasteiger partial charge in [-0.25, -0.2) is 0 Å². The maximum atomic E-state index is 12.0. The van der Waals surface area contributed by atoms with Crippen LogP contribution in [0.1, 0.15) is 31.2 Å². The van der Waals surface area contributed by atoms with E-state index in [1.807, 2.05) is 6.07 Å². The van der Waals surface area contributed by atoms with Gasteiger partial charge in [0, 0.05) is 6.04 Å². The van der Waals surface area contributed by atoms with Gasteiger partial charge in [-0.05, 0) is 30.5 Å². The molecular weight excluding hydrogens is 256 g/mol. The minimum absolute atomic E-state index is 0.0416. The van der Waals surface area contributed by atoms with Gasteiger partial charge >= 0.3 is 0 Å². The van der Waals surface area contributed by atoms with E-state index in [1.54, 1.807) is 12.1 Å². The van der Waals surface area contributed by atoms with E-state index < -0.39 is 0 Å². The minimum atomic E-state index is -0.162. The van der Waals surface area contributed by atoms with Crippen LogP contribution in [0.3, 0.4) is 0 Å². The highest BCUT2D eigenvalue weighted by Crippen LogP contribution is 2.28. The fraction of sp³-hybridized carbons (Fsp3) is 0.467. The van der Waals surface area contributed by atoms with Crippen LogP contribution in [0.2, 0.25) is 0 Å². The Morgan fingerprint density at radius 1 is 1.35 bits per heavy atom. The molecule has 0 aromatic heterocycles. The van der Waals surface area contributed by atoms with E-state index in [2.05, 4.69) is 10.6 Å². The molecule has 5 heteroatoms. The molecule has 5 nitrogen and oxygen atoms in total. The molecule has 2 amide bonds. The van der Waals surface area contributed by atoms with E-state index in [1.165, 1.54) is 12.8 Å². The molecule has 0 saturated heterocycles. The lowest BCUT2D eigenvalue weighted by atomic mass is 10.1. The van der Waals surface area contributed by atoms with Gasteiger partial charge in [0.05, 0.1) is 12.1 Å². The van der Waals surface area contributed by atoms with Crippen LogP contribution in [-0.4, -0.2) is 24.5 Å². The van der Waals surface area contributed by atoms with E-state index in [4.69, 9.17) is 4.74 Å². The summed E-state index contributed by atoms with van der Waals surface area (Å²) < 4.78 is 5.29. The smallest absolute Gasteiger partial charge is 0.262 e. The summed E-state index contributed by atoms with van der Waals surface area (Å²) in [5, 5.41) is 5.81. The van der Waals surface area contributed by atoms with E-state index in [-0.39, 0.29) is 18.4 Å². The second kappa shape index (κ2) is 5.53. The summed E-state index contributed by atoms with van der Waals surface area (Å²) in [6, 6.07) is 5.81. The van der Waals surface area contributed by atoms with Crippen LogP contribution >= 0.6 is 0 Å². The molecule has 2 aliphatic rings. The Bertz CT molecular complexity index is 536. The van der Waals surface area contributed by atoms with Crippen LogP contribution in [-0.2, 0) is 16.0 Å². The monoisotopic (exact) mass is 274 g/mol. The fourth-order valence-corrected chi connectivity index (χ4v) is 2.77. The molecule has 1 aromatic carbocycles. The molecular formula is C15H18N2O3. The number of fused-ring (bicyclic) bond motifs is 1. The van der Waals surface area contributed by atoms with Crippen molar-refractivity contribution in [1.82, 2.24) is 5.32 Å². The number of amides is 2. The van der Waals surface area contributed by atoms with Crippen LogP contribution in [0.25, 0.3) is 0 Å². The lowest BCUT2D eigenvalue weighted by Gasteiger charge is -2.18. The molecule has 20 heavy (non-hydrogen) atoms. The molecule has 1 aliphatic heterocycles. The number of carbonyl (C=O) groups is 2. The van der Waals surface area contributed by atoms with E-state index in [0.29, 0.717) is 23.9 Å². The van der Waals surface area contributed by atoms with Crippen molar-refractivity contribution in [2.75, 3.05) is 11.9 Å². The van der Waals surface area contributed by atoms with Gasteiger partial charge in [-0.2, -0.15) is 0 Å². The average Bonchev–Trinajstić information content (AvgIpc) is 2.91. The first-order valence-electron chi connectivity index (χ1n) is 7.05. The molecule has 0 spiro atoms. The van der Waals surface area contributed by atoms with Gasteiger partial charge in [-0.1, -0.05) is 18.9 Å². The molecule has 3 rings (SSSR count). The minimum Gasteiger partial charge on any atom is -0.482 e. The maximum Gasteiger partial charge on any atom is 0.262 e. The van der Waals surface area contributed by atoms with Gasteiger partial charge < -0.3 is 15.4 Å². The van der Waals surface area contributed by atoms with E-state index >= 15 is 0 Å². The van der Waals surface area contributed by atoms with E-state index in [0.717, 1.165) is 18.4 Å². The third-order valence-corrected chi connectivity index (χ3v) is 3.76. The Labute approximate surface area is 117 Å². The van der Waals surface area contributed by atoms with Crippen molar-refractivity contribution in [3.63, 3.8) is 0 Å². The van der Waals surface area contributed by atoms with Crippen LogP contribution in [0.4, 0.5) is 5.69 Å². The van der Waals surface area contributed by atoms with Crippen LogP contribution in [0.15, 0.2) is 18.2 Å². The summed E-state index contributed by atoms with van der Waals surface area (Å²) in [5.41, 5.74) is 1.53. The molecule has 0 bridgehead atoms. The molecule has 1 fully saturated rings. The Balaban J connectivity index is 1.63. The zero-order chi connectivity index (χ0) is 13.9. The molecule has 2 N–H and O–H groups in total. The number of nitrogens with one attached hydrogen (secondary N) is 2.